The average molecular weight is 396 g/mol. The number of rotatable bonds is 2. The van der Waals surface area contributed by atoms with E-state index in [9.17, 15) is 0 Å². The third-order valence-corrected chi connectivity index (χ3v) is 5.55. The number of aromatic nitrogens is 5. The van der Waals surface area contributed by atoms with Gasteiger partial charge < -0.3 is 4.98 Å². The number of halogens is 1. The molecule has 0 aliphatic carbocycles. The van der Waals surface area contributed by atoms with E-state index in [0.29, 0.717) is 0 Å². The summed E-state index contributed by atoms with van der Waals surface area (Å²) in [5.41, 5.74) is 3.16. The summed E-state index contributed by atoms with van der Waals surface area (Å²) in [6.45, 7) is 0. The molecular weight excluding hydrogens is 386 g/mol. The number of para-hydroxylation sites is 1. The van der Waals surface area contributed by atoms with E-state index in [4.69, 9.17) is 5.10 Å². The summed E-state index contributed by atoms with van der Waals surface area (Å²) >= 11 is 5.11. The maximum Gasteiger partial charge on any atom is 0.235 e. The van der Waals surface area contributed by atoms with Crippen molar-refractivity contribution in [2.45, 2.75) is 0 Å². The van der Waals surface area contributed by atoms with Crippen LogP contribution in [0, 0.1) is 0 Å². The molecule has 116 valence electrons. The molecule has 0 aliphatic heterocycles. The Kier molecular flexibility index (Phi) is 3.04. The summed E-state index contributed by atoms with van der Waals surface area (Å²) in [6, 6.07) is 16.2. The van der Waals surface area contributed by atoms with Crippen LogP contribution in [0.5, 0.6) is 0 Å². The molecule has 0 amide bonds. The molecule has 0 saturated carbocycles. The van der Waals surface area contributed by atoms with Crippen molar-refractivity contribution in [2.75, 3.05) is 0 Å². The van der Waals surface area contributed by atoms with E-state index in [0.717, 1.165) is 42.3 Å². The van der Waals surface area contributed by atoms with E-state index in [1.54, 1.807) is 0 Å². The first-order valence-electron chi connectivity index (χ1n) is 7.35. The van der Waals surface area contributed by atoms with Gasteiger partial charge in [0.25, 0.3) is 0 Å². The van der Waals surface area contributed by atoms with Crippen LogP contribution in [0.2, 0.25) is 0 Å². The zero-order valence-electron chi connectivity index (χ0n) is 12.3. The van der Waals surface area contributed by atoms with Crippen LogP contribution >= 0.6 is 27.3 Å². The van der Waals surface area contributed by atoms with Crippen molar-refractivity contribution >= 4 is 43.1 Å². The van der Waals surface area contributed by atoms with E-state index in [1.165, 1.54) is 11.3 Å². The third-order valence-electron chi connectivity index (χ3n) is 3.93. The first-order chi connectivity index (χ1) is 11.8. The molecule has 0 aliphatic rings. The molecule has 0 radical (unpaired) electrons. The maximum atomic E-state index is 4.75. The summed E-state index contributed by atoms with van der Waals surface area (Å²) in [5.74, 6) is 0.736. The fraction of sp³-hybridized carbons (Fsp3) is 0. The lowest BCUT2D eigenvalue weighted by molar-refractivity contribution is 0.970. The molecule has 7 heteroatoms. The number of H-pyrrole nitrogens is 1. The molecule has 0 atom stereocenters. The normalized spacial score (nSPS) is 11.5. The highest BCUT2D eigenvalue weighted by molar-refractivity contribution is 9.10. The van der Waals surface area contributed by atoms with Gasteiger partial charge in [0.05, 0.1) is 0 Å². The standard InChI is InChI=1S/C17H10BrN5S/c18-13-7-3-1-6-11(13)15-20-21-17-23(15)22-16(24-17)12-9-19-14-8-4-2-5-10(12)14/h1-9,19H. The highest BCUT2D eigenvalue weighted by Crippen LogP contribution is 2.34. The van der Waals surface area contributed by atoms with Gasteiger partial charge in [-0.05, 0) is 18.2 Å². The second-order valence-corrected chi connectivity index (χ2v) is 7.16. The van der Waals surface area contributed by atoms with E-state index in [1.807, 2.05) is 47.1 Å². The molecule has 3 aromatic heterocycles. The molecular formula is C17H10BrN5S. The molecule has 0 spiro atoms. The van der Waals surface area contributed by atoms with Crippen molar-refractivity contribution < 1.29 is 0 Å². The highest BCUT2D eigenvalue weighted by Gasteiger charge is 2.17. The van der Waals surface area contributed by atoms with Crippen LogP contribution in [0.25, 0.3) is 37.8 Å². The second kappa shape index (κ2) is 5.25. The van der Waals surface area contributed by atoms with Gasteiger partial charge in [-0.3, -0.25) is 0 Å². The topological polar surface area (TPSA) is 58.9 Å². The molecule has 5 rings (SSSR count). The van der Waals surface area contributed by atoms with Gasteiger partial charge in [0.15, 0.2) is 5.82 Å². The second-order valence-electron chi connectivity index (χ2n) is 5.35. The molecule has 3 heterocycles. The lowest BCUT2D eigenvalue weighted by atomic mass is 10.2. The summed E-state index contributed by atoms with van der Waals surface area (Å²) in [7, 11) is 0. The third kappa shape index (κ3) is 2.02. The van der Waals surface area contributed by atoms with Crippen molar-refractivity contribution in [2.24, 2.45) is 0 Å². The lowest BCUT2D eigenvalue weighted by Crippen LogP contribution is -1.91. The number of nitrogens with one attached hydrogen (secondary N) is 1. The summed E-state index contributed by atoms with van der Waals surface area (Å²) in [5, 5.41) is 15.4. The van der Waals surface area contributed by atoms with Gasteiger partial charge in [-0.15, -0.1) is 10.2 Å². The van der Waals surface area contributed by atoms with E-state index in [2.05, 4.69) is 43.2 Å². The smallest absolute Gasteiger partial charge is 0.235 e. The van der Waals surface area contributed by atoms with Crippen molar-refractivity contribution in [3.8, 4) is 22.0 Å². The fourth-order valence-electron chi connectivity index (χ4n) is 2.78. The zero-order chi connectivity index (χ0) is 16.1. The quantitative estimate of drug-likeness (QED) is 0.468. The van der Waals surface area contributed by atoms with Gasteiger partial charge in [0.2, 0.25) is 4.96 Å². The summed E-state index contributed by atoms with van der Waals surface area (Å²) < 4.78 is 2.78. The molecule has 1 N–H and O–H groups in total. The summed E-state index contributed by atoms with van der Waals surface area (Å²) in [6.07, 6.45) is 1.99. The number of hydrogen-bond donors (Lipinski definition) is 1. The number of fused-ring (bicyclic) bond motifs is 2. The molecule has 0 fully saturated rings. The van der Waals surface area contributed by atoms with E-state index >= 15 is 0 Å². The Bertz CT molecular complexity index is 1190. The molecule has 2 aromatic carbocycles. The maximum absolute atomic E-state index is 4.75. The Balaban J connectivity index is 1.72. The van der Waals surface area contributed by atoms with Crippen molar-refractivity contribution in [3.63, 3.8) is 0 Å². The predicted molar refractivity (Wildman–Crippen MR) is 99.1 cm³/mol. The van der Waals surface area contributed by atoms with Crippen LogP contribution in [0.3, 0.4) is 0 Å². The van der Waals surface area contributed by atoms with Gasteiger partial charge in [0, 0.05) is 32.7 Å². The van der Waals surface area contributed by atoms with Gasteiger partial charge in [0.1, 0.15) is 5.01 Å². The van der Waals surface area contributed by atoms with Crippen LogP contribution in [0.15, 0.2) is 59.2 Å². The van der Waals surface area contributed by atoms with Crippen molar-refractivity contribution in [1.29, 1.82) is 0 Å². The van der Waals surface area contributed by atoms with Crippen LogP contribution in [-0.2, 0) is 0 Å². The van der Waals surface area contributed by atoms with Crippen LogP contribution in [0.4, 0.5) is 0 Å². The monoisotopic (exact) mass is 395 g/mol. The summed E-state index contributed by atoms with van der Waals surface area (Å²) in [4.78, 5) is 4.07. The van der Waals surface area contributed by atoms with Crippen molar-refractivity contribution in [1.82, 2.24) is 24.8 Å². The average Bonchev–Trinajstić information content (AvgIpc) is 3.28. The molecule has 0 unspecified atom stereocenters. The molecule has 24 heavy (non-hydrogen) atoms. The first-order valence-corrected chi connectivity index (χ1v) is 8.96. The Hall–Kier alpha value is -2.51. The van der Waals surface area contributed by atoms with Crippen LogP contribution < -0.4 is 0 Å². The Labute approximate surface area is 149 Å². The lowest BCUT2D eigenvalue weighted by Gasteiger charge is -1.99. The minimum absolute atomic E-state index is 0.736. The number of benzene rings is 2. The largest absolute Gasteiger partial charge is 0.360 e. The number of hydrogen-bond acceptors (Lipinski definition) is 4. The van der Waals surface area contributed by atoms with Gasteiger partial charge in [-0.2, -0.15) is 9.61 Å². The highest BCUT2D eigenvalue weighted by atomic mass is 79.9. The Morgan fingerprint density at radius 1 is 0.958 bits per heavy atom. The van der Waals surface area contributed by atoms with Crippen LogP contribution in [-0.4, -0.2) is 24.8 Å². The zero-order valence-corrected chi connectivity index (χ0v) is 14.7. The Morgan fingerprint density at radius 2 is 1.79 bits per heavy atom. The minimum Gasteiger partial charge on any atom is -0.360 e. The van der Waals surface area contributed by atoms with E-state index in [-0.39, 0.29) is 0 Å². The predicted octanol–water partition coefficient (Wildman–Crippen LogP) is 4.76. The van der Waals surface area contributed by atoms with Gasteiger partial charge in [-0.25, -0.2) is 0 Å². The Morgan fingerprint density at radius 3 is 2.71 bits per heavy atom. The molecule has 0 saturated heterocycles. The minimum atomic E-state index is 0.736. The molecule has 5 nitrogen and oxygen atoms in total. The number of aromatic amines is 1. The van der Waals surface area contributed by atoms with Crippen molar-refractivity contribution in [3.05, 3.63) is 59.2 Å². The van der Waals surface area contributed by atoms with Gasteiger partial charge >= 0.3 is 0 Å². The van der Waals surface area contributed by atoms with E-state index < -0.39 is 0 Å². The SMILES string of the molecule is Brc1ccccc1-c1nnc2sc(-c3c[nH]c4ccccc34)nn12. The van der Waals surface area contributed by atoms with Crippen LogP contribution in [0.1, 0.15) is 0 Å². The molecule has 0 bridgehead atoms. The fourth-order valence-corrected chi connectivity index (χ4v) is 4.12. The first kappa shape index (κ1) is 13.9. The molecule has 5 aromatic rings. The van der Waals surface area contributed by atoms with Gasteiger partial charge in [-0.1, -0.05) is 57.6 Å². The number of nitrogens with zero attached hydrogens (tertiary/aromatic N) is 4.